The molecule has 0 saturated carbocycles. The fraction of sp³-hybridized carbons (Fsp3) is 0. The number of aromatic nitrogens is 3. The molecule has 0 aliphatic rings. The Morgan fingerprint density at radius 3 is 1.39 bits per heavy atom. The van der Waals surface area contributed by atoms with E-state index in [0.717, 1.165) is 0 Å². The first kappa shape index (κ1) is 16.7. The second-order valence-electron chi connectivity index (χ2n) is 2.41. The SMILES string of the molecule is Nc1nc(N)nc(O)n1.O=P(O)(O)OP(=O)(O)O. The van der Waals surface area contributed by atoms with Crippen LogP contribution in [0.2, 0.25) is 0 Å². The van der Waals surface area contributed by atoms with Gasteiger partial charge in [-0.05, 0) is 0 Å². The molecule has 0 aromatic carbocycles. The van der Waals surface area contributed by atoms with Crippen molar-refractivity contribution < 1.29 is 38.1 Å². The molecule has 1 aromatic rings. The quantitative estimate of drug-likeness (QED) is 0.291. The highest BCUT2D eigenvalue weighted by Gasteiger charge is 2.27. The van der Waals surface area contributed by atoms with Crippen LogP contribution in [0.1, 0.15) is 0 Å². The largest absolute Gasteiger partial charge is 0.479 e. The number of nitrogen functional groups attached to an aromatic ring is 2. The average Bonchev–Trinajstić information content (AvgIpc) is 1.92. The molecule has 0 bridgehead atoms. The van der Waals surface area contributed by atoms with Crippen LogP contribution in [0.5, 0.6) is 6.01 Å². The molecule has 0 aliphatic carbocycles. The van der Waals surface area contributed by atoms with E-state index in [4.69, 9.17) is 36.1 Å². The molecule has 1 heterocycles. The molecule has 104 valence electrons. The van der Waals surface area contributed by atoms with Crippen molar-refractivity contribution in [2.45, 2.75) is 0 Å². The molecule has 15 heteroatoms. The third kappa shape index (κ3) is 9.86. The standard InChI is InChI=1S/C3H5N5O.H4O7P2/c4-1-6-2(5)8-3(9)7-1;1-8(2,3)7-9(4,5)6/h(H5,4,5,6,7,8,9);(H2,1,2,3)(H2,4,5,6). The second-order valence-corrected chi connectivity index (χ2v) is 5.03. The number of nitrogens with two attached hydrogens (primary N) is 2. The van der Waals surface area contributed by atoms with Crippen molar-refractivity contribution in [1.29, 1.82) is 0 Å². The minimum absolute atomic E-state index is 0.0833. The minimum Gasteiger partial charge on any atom is -0.479 e. The van der Waals surface area contributed by atoms with Gasteiger partial charge in [0.15, 0.2) is 0 Å². The van der Waals surface area contributed by atoms with Crippen molar-refractivity contribution in [1.82, 2.24) is 15.0 Å². The van der Waals surface area contributed by atoms with Crippen LogP contribution in [0.4, 0.5) is 11.9 Å². The number of phosphoric acid groups is 2. The maximum Gasteiger partial charge on any atom is 0.478 e. The van der Waals surface area contributed by atoms with Crippen molar-refractivity contribution in [3.63, 3.8) is 0 Å². The lowest BCUT2D eigenvalue weighted by Gasteiger charge is -2.03. The monoisotopic (exact) mass is 305 g/mol. The topological polar surface area (TPSA) is 235 Å². The van der Waals surface area contributed by atoms with Crippen LogP contribution in [-0.4, -0.2) is 39.6 Å². The van der Waals surface area contributed by atoms with Crippen molar-refractivity contribution in [2.24, 2.45) is 0 Å². The molecule has 1 aromatic heterocycles. The second kappa shape index (κ2) is 6.02. The van der Waals surface area contributed by atoms with E-state index < -0.39 is 21.7 Å². The molecule has 0 fully saturated rings. The molecule has 0 aliphatic heterocycles. The number of nitrogens with zero attached hydrogens (tertiary/aromatic N) is 3. The van der Waals surface area contributed by atoms with Crippen molar-refractivity contribution in [3.8, 4) is 6.01 Å². The molecule has 9 N–H and O–H groups in total. The summed E-state index contributed by atoms with van der Waals surface area (Å²) in [6.45, 7) is 0. The molecule has 18 heavy (non-hydrogen) atoms. The fourth-order valence-corrected chi connectivity index (χ4v) is 1.64. The third-order valence-corrected chi connectivity index (χ3v) is 2.57. The first-order valence-corrected chi connectivity index (χ1v) is 6.73. The summed E-state index contributed by atoms with van der Waals surface area (Å²) >= 11 is 0. The van der Waals surface area contributed by atoms with E-state index in [1.165, 1.54) is 0 Å². The Kier molecular flexibility index (Phi) is 5.57. The van der Waals surface area contributed by atoms with E-state index in [0.29, 0.717) is 0 Å². The van der Waals surface area contributed by atoms with Crippen LogP contribution in [0.25, 0.3) is 0 Å². The van der Waals surface area contributed by atoms with Crippen LogP contribution in [0.15, 0.2) is 0 Å². The highest BCUT2D eigenvalue weighted by molar-refractivity contribution is 7.60. The van der Waals surface area contributed by atoms with E-state index in [-0.39, 0.29) is 11.9 Å². The first-order chi connectivity index (χ1) is 7.89. The van der Waals surface area contributed by atoms with Gasteiger partial charge in [0.1, 0.15) is 0 Å². The van der Waals surface area contributed by atoms with Gasteiger partial charge in [0, 0.05) is 0 Å². The molecule has 1 rings (SSSR count). The normalized spacial score (nSPS) is 11.6. The summed E-state index contributed by atoms with van der Waals surface area (Å²) in [5, 5.41) is 8.57. The molecule has 0 radical (unpaired) electrons. The minimum atomic E-state index is -5.05. The van der Waals surface area contributed by atoms with Crippen LogP contribution in [-0.2, 0) is 13.4 Å². The predicted octanol–water partition coefficient (Wildman–Crippen LogP) is -2.07. The van der Waals surface area contributed by atoms with E-state index in [1.807, 2.05) is 0 Å². The van der Waals surface area contributed by atoms with E-state index in [9.17, 15) is 9.13 Å². The molecular weight excluding hydrogens is 296 g/mol. The maximum atomic E-state index is 9.63. The molecule has 0 amide bonds. The van der Waals surface area contributed by atoms with E-state index in [1.54, 1.807) is 0 Å². The summed E-state index contributed by atoms with van der Waals surface area (Å²) < 4.78 is 22.2. The zero-order valence-corrected chi connectivity index (χ0v) is 10.1. The molecule has 13 nitrogen and oxygen atoms in total. The molecule has 0 spiro atoms. The molecular formula is C3H9N5O8P2. The Morgan fingerprint density at radius 1 is 0.889 bits per heavy atom. The Labute approximate surface area is 99.0 Å². The van der Waals surface area contributed by atoms with Crippen LogP contribution >= 0.6 is 15.6 Å². The van der Waals surface area contributed by atoms with Crippen LogP contribution in [0, 0.1) is 0 Å². The molecule has 0 saturated heterocycles. The van der Waals surface area contributed by atoms with Crippen molar-refractivity contribution in [2.75, 3.05) is 11.5 Å². The molecule has 0 atom stereocenters. The van der Waals surface area contributed by atoms with Crippen LogP contribution in [0.3, 0.4) is 0 Å². The Balaban J connectivity index is 0.000000321. The molecule has 0 unspecified atom stereocenters. The van der Waals surface area contributed by atoms with Gasteiger partial charge in [-0.1, -0.05) is 0 Å². The van der Waals surface area contributed by atoms with E-state index in [2.05, 4.69) is 19.3 Å². The summed E-state index contributed by atoms with van der Waals surface area (Å²) in [7, 11) is -10.1. The van der Waals surface area contributed by atoms with Gasteiger partial charge in [0.2, 0.25) is 11.9 Å². The van der Waals surface area contributed by atoms with Crippen molar-refractivity contribution >= 4 is 27.5 Å². The van der Waals surface area contributed by atoms with Crippen molar-refractivity contribution in [3.05, 3.63) is 0 Å². The van der Waals surface area contributed by atoms with Gasteiger partial charge in [0.25, 0.3) is 0 Å². The predicted molar refractivity (Wildman–Crippen MR) is 55.5 cm³/mol. The summed E-state index contributed by atoms with van der Waals surface area (Å²) in [5.41, 5.74) is 10.1. The third-order valence-electron chi connectivity index (χ3n) is 0.871. The maximum absolute atomic E-state index is 9.63. The van der Waals surface area contributed by atoms with Gasteiger partial charge < -0.3 is 36.1 Å². The zero-order chi connectivity index (χ0) is 14.6. The number of anilines is 2. The fourth-order valence-electron chi connectivity index (χ4n) is 0.536. The van der Waals surface area contributed by atoms with Gasteiger partial charge in [-0.25, -0.2) is 9.13 Å². The Bertz CT molecular complexity index is 425. The Hall–Kier alpha value is -1.33. The van der Waals surface area contributed by atoms with Gasteiger partial charge >= 0.3 is 21.7 Å². The van der Waals surface area contributed by atoms with Gasteiger partial charge in [-0.3, -0.25) is 0 Å². The number of aromatic hydroxyl groups is 1. The summed E-state index contributed by atoms with van der Waals surface area (Å²) in [5.74, 6) is -0.167. The van der Waals surface area contributed by atoms with Crippen LogP contribution < -0.4 is 11.5 Å². The van der Waals surface area contributed by atoms with Gasteiger partial charge in [0.05, 0.1) is 0 Å². The highest BCUT2D eigenvalue weighted by Crippen LogP contribution is 2.53. The van der Waals surface area contributed by atoms with Gasteiger partial charge in [-0.2, -0.15) is 19.3 Å². The smallest absolute Gasteiger partial charge is 0.478 e. The summed E-state index contributed by atoms with van der Waals surface area (Å²) in [6, 6.07) is -0.458. The lowest BCUT2D eigenvalue weighted by atomic mass is 10.9. The first-order valence-electron chi connectivity index (χ1n) is 3.67. The summed E-state index contributed by atoms with van der Waals surface area (Å²) in [4.78, 5) is 40.9. The van der Waals surface area contributed by atoms with E-state index >= 15 is 0 Å². The lowest BCUT2D eigenvalue weighted by molar-refractivity contribution is 0.225. The zero-order valence-electron chi connectivity index (χ0n) is 8.35. The lowest BCUT2D eigenvalue weighted by Crippen LogP contribution is -2.01. The number of hydrogen-bond acceptors (Lipinski definition) is 9. The Morgan fingerprint density at radius 2 is 1.22 bits per heavy atom. The highest BCUT2D eigenvalue weighted by atomic mass is 31.3. The summed E-state index contributed by atoms with van der Waals surface area (Å²) in [6.07, 6.45) is 0. The van der Waals surface area contributed by atoms with Gasteiger partial charge in [-0.15, -0.1) is 0 Å². The number of rotatable bonds is 2. The number of hydrogen-bond donors (Lipinski definition) is 7. The average molecular weight is 305 g/mol.